The molecule has 0 unspecified atom stereocenters. The van der Waals surface area contributed by atoms with Crippen molar-refractivity contribution in [1.29, 1.82) is 0 Å². The highest BCUT2D eigenvalue weighted by Crippen LogP contribution is 2.36. The van der Waals surface area contributed by atoms with Gasteiger partial charge in [-0.2, -0.15) is 0 Å². The summed E-state index contributed by atoms with van der Waals surface area (Å²) in [4.78, 5) is 8.85. The van der Waals surface area contributed by atoms with E-state index in [1.807, 2.05) is 11.3 Å². The average Bonchev–Trinajstić information content (AvgIpc) is 3.21. The normalized spacial score (nSPS) is 24.7. The molecule has 4 rings (SSSR count). The number of benzene rings is 1. The minimum absolute atomic E-state index is 0.323. The molecule has 1 aromatic carbocycles. The van der Waals surface area contributed by atoms with Crippen LogP contribution in [0.3, 0.4) is 0 Å². The van der Waals surface area contributed by atoms with E-state index in [1.54, 1.807) is 0 Å². The second-order valence-electron chi connectivity index (χ2n) is 6.90. The Bertz CT molecular complexity index is 655. The first-order chi connectivity index (χ1) is 11.3. The predicted octanol–water partition coefficient (Wildman–Crippen LogP) is 3.23. The van der Waals surface area contributed by atoms with E-state index in [2.05, 4.69) is 35.2 Å². The summed E-state index contributed by atoms with van der Waals surface area (Å²) in [6.07, 6.45) is 4.61. The molecule has 2 atom stereocenters. The molecular formula is C19H24N2OS. The van der Waals surface area contributed by atoms with Crippen LogP contribution in [0.5, 0.6) is 0 Å². The number of likely N-dealkylation sites (tertiary alicyclic amines) is 1. The van der Waals surface area contributed by atoms with Gasteiger partial charge in [0.1, 0.15) is 5.01 Å². The summed E-state index contributed by atoms with van der Waals surface area (Å²) in [5.41, 5.74) is 2.81. The van der Waals surface area contributed by atoms with Crippen molar-refractivity contribution in [3.8, 4) is 0 Å². The Balaban J connectivity index is 1.43. The topological polar surface area (TPSA) is 36.4 Å². The smallest absolute Gasteiger partial charge is 0.107 e. The molecule has 3 nitrogen and oxygen atoms in total. The van der Waals surface area contributed by atoms with Crippen LogP contribution in [0, 0.1) is 5.92 Å². The van der Waals surface area contributed by atoms with Crippen LogP contribution in [-0.4, -0.2) is 34.7 Å². The lowest BCUT2D eigenvalue weighted by atomic mass is 9.85. The van der Waals surface area contributed by atoms with Crippen molar-refractivity contribution in [3.63, 3.8) is 0 Å². The molecule has 1 aliphatic carbocycles. The predicted molar refractivity (Wildman–Crippen MR) is 93.8 cm³/mol. The number of hydrogen-bond donors (Lipinski definition) is 1. The third kappa shape index (κ3) is 3.35. The SMILES string of the molecule is OC[C@H]1CCN(Cc2nc3c(s2)C[C@H](c2ccccc2)CC3)C1. The second kappa shape index (κ2) is 6.71. The van der Waals surface area contributed by atoms with Crippen molar-refractivity contribution in [3.05, 3.63) is 51.5 Å². The quantitative estimate of drug-likeness (QED) is 0.936. The maximum absolute atomic E-state index is 9.28. The van der Waals surface area contributed by atoms with Crippen molar-refractivity contribution in [1.82, 2.24) is 9.88 Å². The van der Waals surface area contributed by atoms with Crippen molar-refractivity contribution in [2.45, 2.75) is 38.1 Å². The van der Waals surface area contributed by atoms with Gasteiger partial charge in [-0.3, -0.25) is 4.90 Å². The molecule has 1 fully saturated rings. The number of aryl methyl sites for hydroxylation is 1. The lowest BCUT2D eigenvalue weighted by Gasteiger charge is -2.21. The molecule has 2 aliphatic rings. The van der Waals surface area contributed by atoms with Crippen molar-refractivity contribution in [2.75, 3.05) is 19.7 Å². The molecule has 0 saturated carbocycles. The zero-order valence-electron chi connectivity index (χ0n) is 13.4. The highest BCUT2D eigenvalue weighted by molar-refractivity contribution is 7.11. The number of fused-ring (bicyclic) bond motifs is 1. The number of aliphatic hydroxyl groups excluding tert-OH is 1. The fourth-order valence-corrected chi connectivity index (χ4v) is 5.14. The van der Waals surface area contributed by atoms with Crippen molar-refractivity contribution in [2.24, 2.45) is 5.92 Å². The number of rotatable bonds is 4. The van der Waals surface area contributed by atoms with Crippen LogP contribution >= 0.6 is 11.3 Å². The Morgan fingerprint density at radius 1 is 1.22 bits per heavy atom. The molecule has 122 valence electrons. The summed E-state index contributed by atoms with van der Waals surface area (Å²) < 4.78 is 0. The Labute approximate surface area is 142 Å². The summed E-state index contributed by atoms with van der Waals surface area (Å²) in [7, 11) is 0. The molecule has 4 heteroatoms. The lowest BCUT2D eigenvalue weighted by Crippen LogP contribution is -2.20. The van der Waals surface area contributed by atoms with Gasteiger partial charge in [0.2, 0.25) is 0 Å². The van der Waals surface area contributed by atoms with Crippen LogP contribution in [0.1, 0.15) is 39.9 Å². The summed E-state index contributed by atoms with van der Waals surface area (Å²) >= 11 is 1.91. The van der Waals surface area contributed by atoms with E-state index in [9.17, 15) is 5.11 Å². The fraction of sp³-hybridized carbons (Fsp3) is 0.526. The van der Waals surface area contributed by atoms with E-state index < -0.39 is 0 Å². The largest absolute Gasteiger partial charge is 0.396 e. The Kier molecular flexibility index (Phi) is 4.47. The van der Waals surface area contributed by atoms with Gasteiger partial charge in [0.15, 0.2) is 0 Å². The molecule has 1 aliphatic heterocycles. The van der Waals surface area contributed by atoms with E-state index in [1.165, 1.54) is 27.6 Å². The molecule has 0 amide bonds. The first-order valence-corrected chi connectivity index (χ1v) is 9.49. The van der Waals surface area contributed by atoms with Gasteiger partial charge in [-0.1, -0.05) is 30.3 Å². The van der Waals surface area contributed by atoms with E-state index in [-0.39, 0.29) is 0 Å². The maximum Gasteiger partial charge on any atom is 0.107 e. The van der Waals surface area contributed by atoms with Crippen molar-refractivity contribution < 1.29 is 5.11 Å². The zero-order valence-corrected chi connectivity index (χ0v) is 14.3. The van der Waals surface area contributed by atoms with Crippen LogP contribution in [0.25, 0.3) is 0 Å². The maximum atomic E-state index is 9.28. The molecule has 1 aromatic heterocycles. The monoisotopic (exact) mass is 328 g/mol. The fourth-order valence-electron chi connectivity index (χ4n) is 3.90. The zero-order chi connectivity index (χ0) is 15.6. The highest BCUT2D eigenvalue weighted by Gasteiger charge is 2.26. The lowest BCUT2D eigenvalue weighted by molar-refractivity contribution is 0.220. The Hall–Kier alpha value is -1.23. The van der Waals surface area contributed by atoms with Gasteiger partial charge in [0, 0.05) is 18.0 Å². The van der Waals surface area contributed by atoms with Crippen LogP contribution < -0.4 is 0 Å². The number of aliphatic hydroxyl groups is 1. The van der Waals surface area contributed by atoms with Gasteiger partial charge in [0.05, 0.1) is 12.2 Å². The van der Waals surface area contributed by atoms with Gasteiger partial charge in [0.25, 0.3) is 0 Å². The number of hydrogen-bond acceptors (Lipinski definition) is 4. The van der Waals surface area contributed by atoms with E-state index >= 15 is 0 Å². The Morgan fingerprint density at radius 3 is 2.87 bits per heavy atom. The summed E-state index contributed by atoms with van der Waals surface area (Å²) in [5, 5.41) is 10.5. The Morgan fingerprint density at radius 2 is 2.09 bits per heavy atom. The molecule has 2 aromatic rings. The van der Waals surface area contributed by atoms with Crippen LogP contribution in [0.4, 0.5) is 0 Å². The molecule has 23 heavy (non-hydrogen) atoms. The highest BCUT2D eigenvalue weighted by atomic mass is 32.1. The standard InChI is InChI=1S/C19H24N2OS/c22-13-14-8-9-21(11-14)12-19-20-17-7-6-16(10-18(17)23-19)15-4-2-1-3-5-15/h1-5,14,16,22H,6-13H2/t14-,16+/m0/s1. The third-order valence-corrected chi connectivity index (χ3v) is 6.35. The van der Waals surface area contributed by atoms with Gasteiger partial charge in [-0.05, 0) is 49.6 Å². The van der Waals surface area contributed by atoms with Gasteiger partial charge in [-0.15, -0.1) is 11.3 Å². The molecule has 0 spiro atoms. The molecular weight excluding hydrogens is 304 g/mol. The molecule has 2 heterocycles. The van der Waals surface area contributed by atoms with E-state index in [4.69, 9.17) is 4.98 Å². The molecule has 1 N–H and O–H groups in total. The first-order valence-electron chi connectivity index (χ1n) is 8.67. The number of nitrogens with zero attached hydrogens (tertiary/aromatic N) is 2. The van der Waals surface area contributed by atoms with Gasteiger partial charge >= 0.3 is 0 Å². The van der Waals surface area contributed by atoms with E-state index in [0.717, 1.165) is 38.9 Å². The summed E-state index contributed by atoms with van der Waals surface area (Å²) in [5.74, 6) is 1.12. The summed E-state index contributed by atoms with van der Waals surface area (Å²) in [6, 6.07) is 10.9. The number of aromatic nitrogens is 1. The third-order valence-electron chi connectivity index (χ3n) is 5.24. The average molecular weight is 328 g/mol. The first kappa shape index (κ1) is 15.3. The minimum atomic E-state index is 0.323. The van der Waals surface area contributed by atoms with Gasteiger partial charge in [-0.25, -0.2) is 4.98 Å². The van der Waals surface area contributed by atoms with Gasteiger partial charge < -0.3 is 5.11 Å². The summed E-state index contributed by atoms with van der Waals surface area (Å²) in [6.45, 7) is 3.41. The van der Waals surface area contributed by atoms with Crippen LogP contribution in [0.15, 0.2) is 30.3 Å². The number of thiazole rings is 1. The molecule has 0 bridgehead atoms. The van der Waals surface area contributed by atoms with E-state index in [0.29, 0.717) is 18.4 Å². The van der Waals surface area contributed by atoms with Crippen LogP contribution in [0.2, 0.25) is 0 Å². The minimum Gasteiger partial charge on any atom is -0.396 e. The van der Waals surface area contributed by atoms with Crippen LogP contribution in [-0.2, 0) is 19.4 Å². The molecule has 0 radical (unpaired) electrons. The van der Waals surface area contributed by atoms with Crippen molar-refractivity contribution >= 4 is 11.3 Å². The second-order valence-corrected chi connectivity index (χ2v) is 8.07. The molecule has 1 saturated heterocycles.